The monoisotopic (exact) mass is 467 g/mol. The molecule has 0 aliphatic carbocycles. The lowest BCUT2D eigenvalue weighted by molar-refractivity contribution is -0.157. The average molecular weight is 467 g/mol. The van der Waals surface area contributed by atoms with Crippen molar-refractivity contribution < 1.29 is 22.7 Å². The highest BCUT2D eigenvalue weighted by molar-refractivity contribution is 14.0. The van der Waals surface area contributed by atoms with Gasteiger partial charge in [0.25, 0.3) is 0 Å². The summed E-state index contributed by atoms with van der Waals surface area (Å²) in [4.78, 5) is 18.4. The van der Waals surface area contributed by atoms with Crippen LogP contribution >= 0.6 is 24.0 Å². The van der Waals surface area contributed by atoms with Gasteiger partial charge in [0.15, 0.2) is 5.96 Å². The van der Waals surface area contributed by atoms with Gasteiger partial charge in [0.05, 0.1) is 19.8 Å². The second kappa shape index (κ2) is 11.7. The number of aliphatic imine (C=N–C) groups is 1. The Bertz CT molecular complexity index is 404. The Hall–Kier alpha value is -0.820. The zero-order chi connectivity index (χ0) is 17.3. The minimum Gasteiger partial charge on any atom is -0.379 e. The van der Waals surface area contributed by atoms with E-state index in [1.165, 1.54) is 7.05 Å². The van der Waals surface area contributed by atoms with Crippen LogP contribution in [0.4, 0.5) is 13.2 Å². The van der Waals surface area contributed by atoms with Crippen molar-refractivity contribution in [3.63, 3.8) is 0 Å². The molecule has 1 aliphatic heterocycles. The Morgan fingerprint density at radius 2 is 1.92 bits per heavy atom. The van der Waals surface area contributed by atoms with E-state index in [-0.39, 0.29) is 30.5 Å². The first-order valence-electron chi connectivity index (χ1n) is 7.37. The fraction of sp³-hybridized carbons (Fsp3) is 0.846. The van der Waals surface area contributed by atoms with Crippen LogP contribution in [0.2, 0.25) is 0 Å². The van der Waals surface area contributed by atoms with Crippen molar-refractivity contribution in [3.05, 3.63) is 0 Å². The molecule has 24 heavy (non-hydrogen) atoms. The van der Waals surface area contributed by atoms with Gasteiger partial charge < -0.3 is 20.3 Å². The van der Waals surface area contributed by atoms with E-state index in [1.807, 2.05) is 0 Å². The Morgan fingerprint density at radius 3 is 2.46 bits per heavy atom. The zero-order valence-corrected chi connectivity index (χ0v) is 16.2. The van der Waals surface area contributed by atoms with E-state index >= 15 is 0 Å². The molecule has 0 saturated carbocycles. The van der Waals surface area contributed by atoms with Crippen LogP contribution in [0.5, 0.6) is 0 Å². The van der Waals surface area contributed by atoms with Gasteiger partial charge in [-0.25, -0.2) is 0 Å². The van der Waals surface area contributed by atoms with Crippen molar-refractivity contribution in [2.45, 2.75) is 6.18 Å². The highest BCUT2D eigenvalue weighted by atomic mass is 127. The normalized spacial score (nSPS) is 16.3. The molecule has 7 nitrogen and oxygen atoms in total. The third-order valence-electron chi connectivity index (χ3n) is 3.30. The van der Waals surface area contributed by atoms with E-state index in [4.69, 9.17) is 4.74 Å². The van der Waals surface area contributed by atoms with Crippen LogP contribution in [0.3, 0.4) is 0 Å². The maximum atomic E-state index is 12.2. The lowest BCUT2D eigenvalue weighted by atomic mass is 10.4. The molecule has 0 aromatic rings. The standard InChI is InChI=1S/C13H24F3N5O2.HI/c1-17-12(18-3-4-21-5-7-23-8-6-21)19-9-11(22)20(2)10-13(14,15)16;/h3-10H2,1-2H3,(H2,17,18,19);1H. The Morgan fingerprint density at radius 1 is 1.29 bits per heavy atom. The summed E-state index contributed by atoms with van der Waals surface area (Å²) in [5, 5.41) is 5.73. The van der Waals surface area contributed by atoms with Crippen molar-refractivity contribution in [1.82, 2.24) is 20.4 Å². The number of ether oxygens (including phenoxy) is 1. The van der Waals surface area contributed by atoms with Crippen LogP contribution in [-0.4, -0.2) is 94.4 Å². The highest BCUT2D eigenvalue weighted by Gasteiger charge is 2.31. The Labute approximate surface area is 157 Å². The molecule has 0 unspecified atom stereocenters. The minimum absolute atomic E-state index is 0. The van der Waals surface area contributed by atoms with Crippen molar-refractivity contribution in [3.8, 4) is 0 Å². The van der Waals surface area contributed by atoms with E-state index in [1.54, 1.807) is 0 Å². The topological polar surface area (TPSA) is 69.2 Å². The Balaban J connectivity index is 0.00000529. The van der Waals surface area contributed by atoms with Crippen LogP contribution in [-0.2, 0) is 9.53 Å². The van der Waals surface area contributed by atoms with Gasteiger partial charge in [-0.05, 0) is 0 Å². The maximum Gasteiger partial charge on any atom is 0.406 e. The molecule has 0 atom stereocenters. The number of nitrogens with zero attached hydrogens (tertiary/aromatic N) is 3. The molecular weight excluding hydrogens is 442 g/mol. The number of nitrogens with one attached hydrogen (secondary N) is 2. The maximum absolute atomic E-state index is 12.2. The average Bonchev–Trinajstić information content (AvgIpc) is 2.49. The second-order valence-electron chi connectivity index (χ2n) is 5.17. The quantitative estimate of drug-likeness (QED) is 0.330. The summed E-state index contributed by atoms with van der Waals surface area (Å²) in [7, 11) is 2.65. The molecule has 2 N–H and O–H groups in total. The van der Waals surface area contributed by atoms with Crippen LogP contribution in [0.15, 0.2) is 4.99 Å². The van der Waals surface area contributed by atoms with Gasteiger partial charge in [-0.2, -0.15) is 13.2 Å². The van der Waals surface area contributed by atoms with Crippen molar-refractivity contribution in [1.29, 1.82) is 0 Å². The van der Waals surface area contributed by atoms with Gasteiger partial charge in [-0.1, -0.05) is 0 Å². The number of halogens is 4. The van der Waals surface area contributed by atoms with E-state index in [9.17, 15) is 18.0 Å². The molecule has 1 amide bonds. The van der Waals surface area contributed by atoms with Gasteiger partial charge in [-0.3, -0.25) is 14.7 Å². The number of carbonyl (C=O) groups is 1. The molecule has 0 aromatic heterocycles. The van der Waals surface area contributed by atoms with Gasteiger partial charge in [0, 0.05) is 40.3 Å². The van der Waals surface area contributed by atoms with Crippen molar-refractivity contribution in [2.24, 2.45) is 4.99 Å². The summed E-state index contributed by atoms with van der Waals surface area (Å²) in [5.41, 5.74) is 0. The van der Waals surface area contributed by atoms with Crippen LogP contribution in [0.25, 0.3) is 0 Å². The molecule has 142 valence electrons. The summed E-state index contributed by atoms with van der Waals surface area (Å²) in [6.45, 7) is 3.07. The van der Waals surface area contributed by atoms with E-state index in [0.717, 1.165) is 26.7 Å². The van der Waals surface area contributed by atoms with Crippen molar-refractivity contribution in [2.75, 3.05) is 66.6 Å². The van der Waals surface area contributed by atoms with Gasteiger partial charge in [-0.15, -0.1) is 24.0 Å². The van der Waals surface area contributed by atoms with E-state index in [0.29, 0.717) is 30.6 Å². The van der Waals surface area contributed by atoms with Gasteiger partial charge >= 0.3 is 6.18 Å². The summed E-state index contributed by atoms with van der Waals surface area (Å²) >= 11 is 0. The zero-order valence-electron chi connectivity index (χ0n) is 13.9. The minimum atomic E-state index is -4.40. The number of morpholine rings is 1. The molecule has 1 heterocycles. The summed E-state index contributed by atoms with van der Waals surface area (Å²) < 4.78 is 41.9. The predicted molar refractivity (Wildman–Crippen MR) is 95.7 cm³/mol. The first kappa shape index (κ1) is 23.2. The molecule has 1 saturated heterocycles. The van der Waals surface area contributed by atoms with Crippen molar-refractivity contribution >= 4 is 35.8 Å². The van der Waals surface area contributed by atoms with Crippen LogP contribution in [0, 0.1) is 0 Å². The van der Waals surface area contributed by atoms with Crippen LogP contribution in [0.1, 0.15) is 0 Å². The number of hydrogen-bond donors (Lipinski definition) is 2. The molecule has 0 radical (unpaired) electrons. The fourth-order valence-electron chi connectivity index (χ4n) is 2.03. The summed E-state index contributed by atoms with van der Waals surface area (Å²) in [5.74, 6) is -0.273. The van der Waals surface area contributed by atoms with Gasteiger partial charge in [0.1, 0.15) is 6.54 Å². The fourth-order valence-corrected chi connectivity index (χ4v) is 2.03. The number of carbonyl (C=O) groups excluding carboxylic acids is 1. The van der Waals surface area contributed by atoms with Gasteiger partial charge in [0.2, 0.25) is 5.91 Å². The molecular formula is C13H25F3IN5O2. The molecule has 1 fully saturated rings. The van der Waals surface area contributed by atoms with E-state index in [2.05, 4.69) is 20.5 Å². The second-order valence-corrected chi connectivity index (χ2v) is 5.17. The molecule has 11 heteroatoms. The number of rotatable bonds is 6. The predicted octanol–water partition coefficient (Wildman–Crippen LogP) is 0.122. The molecule has 1 rings (SSSR count). The lowest BCUT2D eigenvalue weighted by Gasteiger charge is -2.26. The number of likely N-dealkylation sites (N-methyl/N-ethyl adjacent to an activating group) is 1. The molecule has 1 aliphatic rings. The first-order valence-corrected chi connectivity index (χ1v) is 7.37. The molecule has 0 spiro atoms. The largest absolute Gasteiger partial charge is 0.406 e. The lowest BCUT2D eigenvalue weighted by Crippen LogP contribution is -2.47. The van der Waals surface area contributed by atoms with E-state index < -0.39 is 18.6 Å². The summed E-state index contributed by atoms with van der Waals surface area (Å²) in [6.07, 6.45) is -4.40. The molecule has 0 bridgehead atoms. The number of alkyl halides is 3. The molecule has 0 aromatic carbocycles. The number of amides is 1. The third kappa shape index (κ3) is 10.1. The first-order chi connectivity index (χ1) is 10.8. The number of hydrogen-bond acceptors (Lipinski definition) is 4. The van der Waals surface area contributed by atoms with Crippen LogP contribution < -0.4 is 10.6 Å². The number of guanidine groups is 1. The highest BCUT2D eigenvalue weighted by Crippen LogP contribution is 2.15. The SMILES string of the molecule is CN=C(NCCN1CCOCC1)NCC(=O)N(C)CC(F)(F)F.I. The smallest absolute Gasteiger partial charge is 0.379 e. The Kier molecular flexibility index (Phi) is 11.3. The summed E-state index contributed by atoms with van der Waals surface area (Å²) in [6, 6.07) is 0. The third-order valence-corrected chi connectivity index (χ3v) is 3.30.